The van der Waals surface area contributed by atoms with E-state index in [9.17, 15) is 42.7 Å². The molecule has 0 fully saturated rings. The van der Waals surface area contributed by atoms with E-state index in [1.807, 2.05) is 0 Å². The van der Waals surface area contributed by atoms with Crippen LogP contribution >= 0.6 is 11.6 Å². The number of carbonyl (C=O) groups excluding carboxylic acids is 2. The topological polar surface area (TPSA) is 34.1 Å². The van der Waals surface area contributed by atoms with E-state index < -0.39 is 23.4 Å². The number of hydrogen-bond acceptors (Lipinski definition) is 4. The van der Waals surface area contributed by atoms with Crippen LogP contribution < -0.4 is 0 Å². The predicted molar refractivity (Wildman–Crippen MR) is 106 cm³/mol. The third kappa shape index (κ3) is 49.7. The molecule has 0 aromatic carbocycles. The zero-order chi connectivity index (χ0) is 21.5. The highest BCUT2D eigenvalue weighted by atomic mass is 33.3. The lowest BCUT2D eigenvalue weighted by Crippen LogP contribution is -2.33. The van der Waals surface area contributed by atoms with E-state index in [4.69, 9.17) is 0 Å². The summed E-state index contributed by atoms with van der Waals surface area (Å²) in [5, 5.41) is 0. The summed E-state index contributed by atoms with van der Waals surface area (Å²) in [6.07, 6.45) is 0. The van der Waals surface area contributed by atoms with Gasteiger partial charge in [-0.15, -0.1) is 0 Å². The lowest BCUT2D eigenvalue weighted by atomic mass is 10.2. The van der Waals surface area contributed by atoms with Crippen LogP contribution in [0.25, 0.3) is 0 Å². The quantitative estimate of drug-likeness (QED) is 0.352. The Labute approximate surface area is 170 Å². The molecule has 17 heteroatoms. The maximum Gasteiger partial charge on any atom is 0.379 e. The van der Waals surface area contributed by atoms with Crippen molar-refractivity contribution in [1.29, 1.82) is 0 Å². The molecule has 162 valence electrons. The lowest BCUT2D eigenvalue weighted by Gasteiger charge is -2.17. The van der Waals surface area contributed by atoms with Crippen LogP contribution in [0.4, 0.5) is 33.1 Å². The highest BCUT2D eigenvalue weighted by Crippen LogP contribution is 2.54. The van der Waals surface area contributed by atoms with Crippen molar-refractivity contribution in [3.8, 4) is 0 Å². The summed E-state index contributed by atoms with van der Waals surface area (Å²) in [5.74, 6) is -8.55. The highest BCUT2D eigenvalue weighted by molar-refractivity contribution is 8.64. The van der Waals surface area contributed by atoms with E-state index in [0.717, 1.165) is 0 Å². The van der Waals surface area contributed by atoms with Gasteiger partial charge in [-0.05, 0) is 0 Å². The standard InChI is InChI=1S/C4H6F4.C4H6O2.CH4.F4S.S6/c1-3(5,6)4(2,7)8;1-3(5)4(2)6;;1-5(2,3)4;1-3-5-6-4-2/h1-2H3;1-2H3;1H4;;. The molecule has 0 rings (SSSR count). The minimum atomic E-state index is -6.17. The molecule has 0 amide bonds. The van der Waals surface area contributed by atoms with Gasteiger partial charge in [0.25, 0.3) is 0 Å². The first-order chi connectivity index (χ1) is 10.8. The van der Waals surface area contributed by atoms with Crippen molar-refractivity contribution < 1.29 is 42.7 Å². The fourth-order valence-corrected chi connectivity index (χ4v) is 5.51. The van der Waals surface area contributed by atoms with Gasteiger partial charge in [0, 0.05) is 85.6 Å². The Morgan fingerprint density at radius 1 is 0.769 bits per heavy atom. The van der Waals surface area contributed by atoms with Gasteiger partial charge in [0.1, 0.15) is 0 Å². The number of alkyl halides is 4. The molecule has 0 aromatic rings. The molecular formula is C9H16F8O2S7. The second-order valence-electron chi connectivity index (χ2n) is 3.51. The van der Waals surface area contributed by atoms with Crippen LogP contribution in [0, 0.1) is 0 Å². The van der Waals surface area contributed by atoms with Gasteiger partial charge in [0.2, 0.25) is 0 Å². The van der Waals surface area contributed by atoms with E-state index in [0.29, 0.717) is 0 Å². The van der Waals surface area contributed by atoms with Gasteiger partial charge >= 0.3 is 23.4 Å². The van der Waals surface area contributed by atoms with Gasteiger partial charge in [-0.25, -0.2) is 17.6 Å². The summed E-state index contributed by atoms with van der Waals surface area (Å²) in [4.78, 5) is 19.6. The first-order valence-electron chi connectivity index (χ1n) is 5.11. The predicted octanol–water partition coefficient (Wildman–Crippen LogP) is 5.41. The Kier molecular flexibility index (Phi) is 26.9. The Morgan fingerprint density at radius 2 is 0.923 bits per heavy atom. The van der Waals surface area contributed by atoms with Gasteiger partial charge in [-0.2, -0.15) is 0 Å². The van der Waals surface area contributed by atoms with Crippen molar-refractivity contribution in [3.63, 3.8) is 0 Å². The molecule has 0 saturated heterocycles. The van der Waals surface area contributed by atoms with E-state index in [1.54, 1.807) is 0 Å². The lowest BCUT2D eigenvalue weighted by molar-refractivity contribution is -0.185. The van der Waals surface area contributed by atoms with E-state index in [2.05, 4.69) is 22.4 Å². The van der Waals surface area contributed by atoms with Crippen LogP contribution in [0.5, 0.6) is 0 Å². The number of ketones is 2. The fraction of sp³-hybridized carbons (Fsp3) is 0.778. The average Bonchev–Trinajstić information content (AvgIpc) is 2.33. The molecule has 0 aliphatic heterocycles. The van der Waals surface area contributed by atoms with E-state index in [1.165, 1.54) is 49.4 Å². The minimum absolute atomic E-state index is 0. The van der Waals surface area contributed by atoms with Crippen LogP contribution in [0.1, 0.15) is 35.1 Å². The Bertz CT molecular complexity index is 508. The number of Topliss-reactive ketones (excluding diaryl/α,β-unsaturated/α-hetero) is 2. The van der Waals surface area contributed by atoms with Crippen molar-refractivity contribution in [2.75, 3.05) is 0 Å². The van der Waals surface area contributed by atoms with Gasteiger partial charge in [-0.3, -0.25) is 9.59 Å². The first-order valence-corrected chi connectivity index (χ1v) is 13.0. The summed E-state index contributed by atoms with van der Waals surface area (Å²) in [5.41, 5.74) is 0. The summed E-state index contributed by atoms with van der Waals surface area (Å²) in [7, 11) is 5.63. The zero-order valence-corrected chi connectivity index (χ0v) is 18.4. The SMILES string of the molecule is C.CC(=O)C(C)=O.CC(F)(F)C(C)(F)F.FS(F)(F)F.S=S=S=S=S=S. The molecular weight excluding hydrogens is 517 g/mol. The average molecular weight is 533 g/mol. The van der Waals surface area contributed by atoms with Crippen molar-refractivity contribution >= 4 is 81.0 Å². The smallest absolute Gasteiger partial charge is 0.291 e. The summed E-state index contributed by atoms with van der Waals surface area (Å²) < 4.78 is 85.0. The van der Waals surface area contributed by atoms with Gasteiger partial charge in [-0.1, -0.05) is 23.0 Å². The highest BCUT2D eigenvalue weighted by Gasteiger charge is 2.47. The number of hydrogen-bond donors (Lipinski definition) is 0. The Hall–Kier alpha value is 0.450. The minimum Gasteiger partial charge on any atom is -0.291 e. The monoisotopic (exact) mass is 532 g/mol. The van der Waals surface area contributed by atoms with Crippen LogP contribution in [0.15, 0.2) is 0 Å². The summed E-state index contributed by atoms with van der Waals surface area (Å²) >= 11 is 2.87. The third-order valence-electron chi connectivity index (χ3n) is 1.35. The van der Waals surface area contributed by atoms with Crippen molar-refractivity contribution in [1.82, 2.24) is 0 Å². The molecule has 0 aliphatic rings. The van der Waals surface area contributed by atoms with Crippen LogP contribution in [-0.4, -0.2) is 23.4 Å². The van der Waals surface area contributed by atoms with E-state index >= 15 is 0 Å². The van der Waals surface area contributed by atoms with Gasteiger partial charge in [0.15, 0.2) is 11.6 Å². The molecule has 0 heterocycles. The molecule has 0 saturated carbocycles. The van der Waals surface area contributed by atoms with Gasteiger partial charge < -0.3 is 0 Å². The normalized spacial score (nSPS) is 10.5. The zero-order valence-electron chi connectivity index (χ0n) is 12.7. The van der Waals surface area contributed by atoms with Crippen molar-refractivity contribution in [3.05, 3.63) is 0 Å². The summed E-state index contributed by atoms with van der Waals surface area (Å²) in [6, 6.07) is 0. The Balaban J connectivity index is -0.0000000756. The maximum absolute atomic E-state index is 11.5. The maximum atomic E-state index is 11.5. The van der Waals surface area contributed by atoms with Crippen molar-refractivity contribution in [2.45, 2.75) is 47.0 Å². The van der Waals surface area contributed by atoms with E-state index in [-0.39, 0.29) is 32.8 Å². The molecule has 0 atom stereocenters. The van der Waals surface area contributed by atoms with Crippen LogP contribution in [0.3, 0.4) is 0 Å². The molecule has 0 bridgehead atoms. The second kappa shape index (κ2) is 18.8. The summed E-state index contributed by atoms with van der Waals surface area (Å²) in [6.45, 7) is 2.88. The number of carbonyl (C=O) groups is 2. The van der Waals surface area contributed by atoms with Crippen LogP contribution in [-0.2, 0) is 67.5 Å². The molecule has 0 radical (unpaired) electrons. The largest absolute Gasteiger partial charge is 0.379 e. The molecule has 0 N–H and O–H groups in total. The number of halogens is 8. The molecule has 0 spiro atoms. The van der Waals surface area contributed by atoms with Crippen LogP contribution in [0.2, 0.25) is 0 Å². The first kappa shape index (κ1) is 37.2. The molecule has 2 nitrogen and oxygen atoms in total. The molecule has 0 aliphatic carbocycles. The molecule has 26 heavy (non-hydrogen) atoms. The molecule has 0 unspecified atom stereocenters. The Morgan fingerprint density at radius 3 is 0.962 bits per heavy atom. The van der Waals surface area contributed by atoms with Crippen molar-refractivity contribution in [2.24, 2.45) is 0 Å². The van der Waals surface area contributed by atoms with Gasteiger partial charge in [0.05, 0.1) is 0 Å². The fourth-order valence-electron chi connectivity index (χ4n) is 0.0227. The molecule has 0 aromatic heterocycles. The third-order valence-corrected chi connectivity index (χ3v) is 8.02. The second-order valence-corrected chi connectivity index (χ2v) is 11.3. The number of rotatable bonds is 2.